The Labute approximate surface area is 328 Å². The van der Waals surface area contributed by atoms with Gasteiger partial charge in [-0.3, -0.25) is 9.59 Å². The largest absolute Gasteiger partial charge is 0.486 e. The monoisotopic (exact) mass is 791 g/mol. The number of ketones is 1. The number of aryl methyl sites for hydroxylation is 1. The number of aliphatic hydroxyl groups excluding tert-OH is 2. The van der Waals surface area contributed by atoms with E-state index in [9.17, 15) is 24.2 Å². The number of carbonyl (C=O) groups excluding carboxylic acids is 2. The minimum atomic E-state index is -1.34. The Kier molecular flexibility index (Phi) is 11.3. The smallest absolute Gasteiger partial charge is 0.292 e. The lowest BCUT2D eigenvalue weighted by Crippen LogP contribution is -2.50. The van der Waals surface area contributed by atoms with E-state index in [1.54, 1.807) is 24.3 Å². The summed E-state index contributed by atoms with van der Waals surface area (Å²) in [6.45, 7) is 4.97. The molecule has 57 heavy (non-hydrogen) atoms. The number of likely N-dealkylation sites (tertiary alicyclic amines) is 2. The predicted octanol–water partition coefficient (Wildman–Crippen LogP) is 2.31. The summed E-state index contributed by atoms with van der Waals surface area (Å²) in [5, 5.41) is 25.9. The molecule has 4 aromatic rings. The third kappa shape index (κ3) is 8.27. The summed E-state index contributed by atoms with van der Waals surface area (Å²) in [5.74, 6) is -2.71. The van der Waals surface area contributed by atoms with Gasteiger partial charge in [-0.15, -0.1) is 4.68 Å². The molecule has 16 heteroatoms. The third-order valence-electron chi connectivity index (χ3n) is 11.4. The van der Waals surface area contributed by atoms with Crippen molar-refractivity contribution >= 4 is 22.6 Å². The molecule has 1 amide bonds. The zero-order valence-electron chi connectivity index (χ0n) is 31.9. The Balaban J connectivity index is 0.953. The number of nitrogens with one attached hydrogen (secondary N) is 1. The van der Waals surface area contributed by atoms with Gasteiger partial charge in [-0.2, -0.15) is 4.68 Å². The molecule has 8 rings (SSSR count). The number of carbonyl (C=O) groups is 2. The predicted molar refractivity (Wildman–Crippen MR) is 202 cm³/mol. The lowest BCUT2D eigenvalue weighted by Gasteiger charge is -2.29. The number of hydrogen-bond donors (Lipinski definition) is 4. The molecule has 0 aliphatic carbocycles. The first kappa shape index (κ1) is 39.0. The van der Waals surface area contributed by atoms with Gasteiger partial charge in [0.25, 0.3) is 5.91 Å². The van der Waals surface area contributed by atoms with E-state index in [0.29, 0.717) is 24.0 Å². The summed E-state index contributed by atoms with van der Waals surface area (Å²) in [5.41, 5.74) is 7.76. The second-order valence-corrected chi connectivity index (χ2v) is 15.4. The van der Waals surface area contributed by atoms with Gasteiger partial charge in [0.1, 0.15) is 31.4 Å². The Morgan fingerprint density at radius 3 is 2.21 bits per heavy atom. The molecule has 4 aliphatic heterocycles. The highest BCUT2D eigenvalue weighted by Gasteiger charge is 2.34. The van der Waals surface area contributed by atoms with E-state index in [1.807, 2.05) is 22.6 Å². The summed E-state index contributed by atoms with van der Waals surface area (Å²) in [7, 11) is 1.84. The number of ether oxygens (including phenoxy) is 4. The van der Waals surface area contributed by atoms with Crippen LogP contribution in [0.5, 0.6) is 23.0 Å². The van der Waals surface area contributed by atoms with Gasteiger partial charge in [-0.1, -0.05) is 0 Å². The zero-order chi connectivity index (χ0) is 39.8. The van der Waals surface area contributed by atoms with Gasteiger partial charge < -0.3 is 50.0 Å². The van der Waals surface area contributed by atoms with Crippen molar-refractivity contribution in [3.63, 3.8) is 0 Å². The lowest BCUT2D eigenvalue weighted by molar-refractivity contribution is -0.775. The molecule has 5 heterocycles. The SMILES string of the molecule is Cn1c2ccc(C(=O)C(=O)NC(CN3CCCC3)C(O)c3cc(F)c4c(c3)OCCO4)cc2c[n+]1CC1COc2c(F)cc(C(O)C(N)CN3CCCC3)cc2O1. The fourth-order valence-corrected chi connectivity index (χ4v) is 8.31. The van der Waals surface area contributed by atoms with Gasteiger partial charge in [0.05, 0.1) is 24.6 Å². The highest BCUT2D eigenvalue weighted by molar-refractivity contribution is 6.43. The second kappa shape index (κ2) is 16.5. The number of nitrogens with zero attached hydrogens (tertiary/aromatic N) is 4. The van der Waals surface area contributed by atoms with Gasteiger partial charge >= 0.3 is 0 Å². The fraction of sp³-hybridized carbons (Fsp3) is 0.488. The highest BCUT2D eigenvalue weighted by atomic mass is 19.1. The summed E-state index contributed by atoms with van der Waals surface area (Å²) in [6, 6.07) is 8.89. The molecule has 2 fully saturated rings. The Morgan fingerprint density at radius 1 is 0.860 bits per heavy atom. The van der Waals surface area contributed by atoms with Crippen LogP contribution in [0.1, 0.15) is 59.4 Å². The van der Waals surface area contributed by atoms with Crippen LogP contribution in [0.15, 0.2) is 48.7 Å². The van der Waals surface area contributed by atoms with Crippen LogP contribution in [-0.4, -0.2) is 114 Å². The van der Waals surface area contributed by atoms with Crippen molar-refractivity contribution < 1.29 is 52.2 Å². The van der Waals surface area contributed by atoms with Crippen LogP contribution < -0.4 is 34.7 Å². The Bertz CT molecular complexity index is 2140. The van der Waals surface area contributed by atoms with Crippen molar-refractivity contribution in [2.75, 3.05) is 59.1 Å². The molecule has 14 nitrogen and oxygen atoms in total. The molecule has 3 aromatic carbocycles. The molecule has 0 bridgehead atoms. The molecule has 2 saturated heterocycles. The number of halogens is 2. The van der Waals surface area contributed by atoms with Crippen LogP contribution in [0.25, 0.3) is 10.9 Å². The molecule has 304 valence electrons. The average Bonchev–Trinajstić information content (AvgIpc) is 3.99. The molecule has 5 N–H and O–H groups in total. The van der Waals surface area contributed by atoms with Crippen molar-refractivity contribution in [1.29, 1.82) is 0 Å². The van der Waals surface area contributed by atoms with Crippen molar-refractivity contribution in [1.82, 2.24) is 19.8 Å². The molecular formula is C41H49F2N6O8+. The van der Waals surface area contributed by atoms with Crippen LogP contribution in [-0.2, 0) is 18.4 Å². The van der Waals surface area contributed by atoms with Crippen LogP contribution in [0.4, 0.5) is 8.78 Å². The maximum atomic E-state index is 15.2. The number of fused-ring (bicyclic) bond motifs is 3. The first-order chi connectivity index (χ1) is 27.5. The van der Waals surface area contributed by atoms with Gasteiger partial charge in [-0.05, 0) is 105 Å². The second-order valence-electron chi connectivity index (χ2n) is 15.4. The highest BCUT2D eigenvalue weighted by Crippen LogP contribution is 2.39. The van der Waals surface area contributed by atoms with E-state index >= 15 is 4.39 Å². The Hall–Kier alpha value is -4.87. The minimum Gasteiger partial charge on any atom is -0.486 e. The third-order valence-corrected chi connectivity index (χ3v) is 11.4. The lowest BCUT2D eigenvalue weighted by atomic mass is 9.99. The number of nitrogens with two attached hydrogens (primary N) is 1. The number of rotatable bonds is 13. The first-order valence-electron chi connectivity index (χ1n) is 19.6. The molecule has 1 aromatic heterocycles. The van der Waals surface area contributed by atoms with Crippen LogP contribution in [0, 0.1) is 11.6 Å². The summed E-state index contributed by atoms with van der Waals surface area (Å²) in [4.78, 5) is 31.4. The number of Topliss-reactive ketones (excluding diaryl/α,β-unsaturated/α-hetero) is 1. The van der Waals surface area contributed by atoms with Crippen molar-refractivity contribution in [2.24, 2.45) is 12.8 Å². The molecule has 0 saturated carbocycles. The maximum Gasteiger partial charge on any atom is 0.292 e. The Morgan fingerprint density at radius 2 is 1.49 bits per heavy atom. The van der Waals surface area contributed by atoms with E-state index in [1.165, 1.54) is 12.1 Å². The minimum absolute atomic E-state index is 0.0209. The number of aliphatic hydroxyl groups is 2. The first-order valence-corrected chi connectivity index (χ1v) is 19.6. The molecule has 0 spiro atoms. The summed E-state index contributed by atoms with van der Waals surface area (Å²) >= 11 is 0. The molecular weight excluding hydrogens is 742 g/mol. The maximum absolute atomic E-state index is 15.2. The molecule has 4 aliphatic rings. The quantitative estimate of drug-likeness (QED) is 0.0893. The number of hydrogen-bond acceptors (Lipinski definition) is 11. The fourth-order valence-electron chi connectivity index (χ4n) is 8.31. The zero-order valence-corrected chi connectivity index (χ0v) is 31.9. The van der Waals surface area contributed by atoms with Crippen LogP contribution in [0.2, 0.25) is 0 Å². The number of benzene rings is 3. The molecule has 5 unspecified atom stereocenters. The van der Waals surface area contributed by atoms with E-state index in [2.05, 4.69) is 15.1 Å². The van der Waals surface area contributed by atoms with Crippen LogP contribution in [0.3, 0.4) is 0 Å². The van der Waals surface area contributed by atoms with E-state index in [4.69, 9.17) is 24.7 Å². The van der Waals surface area contributed by atoms with Gasteiger partial charge in [0.15, 0.2) is 40.7 Å². The number of aromatic nitrogens is 2. The normalized spacial score (nSPS) is 20.4. The van der Waals surface area contributed by atoms with Gasteiger partial charge in [0, 0.05) is 24.7 Å². The average molecular weight is 792 g/mol. The summed E-state index contributed by atoms with van der Waals surface area (Å²) < 4.78 is 56.8. The standard InChI is InChI=1S/C41H48F2N6O8/c1-46-33-7-6-24(38(52)41(53)45-32(22-48-10-4-5-11-48)37(51)26-16-29(42)39-34(17-26)54-12-13-55-39)14-27(33)19-49(46)20-28-23-56-40-30(43)15-25(18-35(40)57-28)36(50)31(44)21-47-8-2-3-9-47/h6-7,14-19,28,31-32,36-37,50-51H,2-5,8-13,20-23,44H2,1H3/p+1. The van der Waals surface area contributed by atoms with E-state index < -0.39 is 53.7 Å². The van der Waals surface area contributed by atoms with Crippen molar-refractivity contribution in [3.05, 3.63) is 77.0 Å². The molecule has 0 radical (unpaired) electrons. The molecule has 5 atom stereocenters. The van der Waals surface area contributed by atoms with Crippen LogP contribution >= 0.6 is 0 Å². The van der Waals surface area contributed by atoms with Crippen molar-refractivity contribution in [2.45, 2.75) is 62.6 Å². The summed E-state index contributed by atoms with van der Waals surface area (Å²) in [6.07, 6.45) is 2.98. The van der Waals surface area contributed by atoms with Gasteiger partial charge in [-0.25, -0.2) is 8.78 Å². The van der Waals surface area contributed by atoms with E-state index in [0.717, 1.165) is 63.4 Å². The topological polar surface area (TPSA) is 165 Å². The number of amides is 1. The van der Waals surface area contributed by atoms with Crippen molar-refractivity contribution in [3.8, 4) is 23.0 Å². The van der Waals surface area contributed by atoms with E-state index in [-0.39, 0.29) is 60.5 Å². The van der Waals surface area contributed by atoms with Gasteiger partial charge in [0.2, 0.25) is 18.5 Å².